The average Bonchev–Trinajstić information content (AvgIpc) is 2.08. The molecule has 1 rings (SSSR count). The first-order chi connectivity index (χ1) is 5.46. The van der Waals surface area contributed by atoms with Crippen molar-refractivity contribution in [1.29, 1.82) is 0 Å². The molecular formula is C9H13BS2. The van der Waals surface area contributed by atoms with Crippen molar-refractivity contribution in [3.8, 4) is 0 Å². The van der Waals surface area contributed by atoms with Crippen molar-refractivity contribution < 1.29 is 0 Å². The van der Waals surface area contributed by atoms with Crippen LogP contribution in [0.3, 0.4) is 0 Å². The van der Waals surface area contributed by atoms with E-state index in [0.29, 0.717) is 0 Å². The van der Waals surface area contributed by atoms with Gasteiger partial charge in [-0.25, -0.2) is 0 Å². The van der Waals surface area contributed by atoms with Crippen LogP contribution in [0.15, 0.2) is 9.79 Å². The van der Waals surface area contributed by atoms with Crippen molar-refractivity contribution in [1.82, 2.24) is 0 Å². The zero-order valence-electron chi connectivity index (χ0n) is 7.89. The lowest BCUT2D eigenvalue weighted by Crippen LogP contribution is -2.13. The van der Waals surface area contributed by atoms with Crippen LogP contribution in [0.25, 0.3) is 0 Å². The Balaban J connectivity index is 3.60. The van der Waals surface area contributed by atoms with Crippen molar-refractivity contribution >= 4 is 38.6 Å². The van der Waals surface area contributed by atoms with Gasteiger partial charge < -0.3 is 0 Å². The Bertz CT molecular complexity index is 227. The second kappa shape index (κ2) is 3.39. The Morgan fingerprint density at radius 1 is 0.833 bits per heavy atom. The number of thiol groups is 2. The average molecular weight is 196 g/mol. The minimum Gasteiger partial charge on any atom is -0.143 e. The van der Waals surface area contributed by atoms with Gasteiger partial charge in [0.25, 0.3) is 0 Å². The molecule has 0 unspecified atom stereocenters. The molecule has 0 aliphatic rings. The third-order valence-electron chi connectivity index (χ3n) is 2.62. The standard InChI is InChI=1S/C9H13BS2/c1-4-5(2)7(10)9(12)8(11)6(4)3/h11-12H,10H2,1-3H3. The largest absolute Gasteiger partial charge is 0.143 e. The van der Waals surface area contributed by atoms with Gasteiger partial charge in [-0.2, -0.15) is 0 Å². The van der Waals surface area contributed by atoms with Gasteiger partial charge in [0.15, 0.2) is 0 Å². The van der Waals surface area contributed by atoms with Crippen molar-refractivity contribution in [3.63, 3.8) is 0 Å². The van der Waals surface area contributed by atoms with E-state index < -0.39 is 0 Å². The Labute approximate surface area is 86.0 Å². The molecule has 1 aromatic rings. The first-order valence-corrected chi connectivity index (χ1v) is 4.84. The van der Waals surface area contributed by atoms with E-state index in [2.05, 4.69) is 53.9 Å². The quantitative estimate of drug-likeness (QED) is 0.455. The van der Waals surface area contributed by atoms with Crippen molar-refractivity contribution in [2.45, 2.75) is 30.6 Å². The molecule has 0 aliphatic heterocycles. The Morgan fingerprint density at radius 3 is 1.83 bits per heavy atom. The van der Waals surface area contributed by atoms with Crippen LogP contribution in [-0.4, -0.2) is 7.85 Å². The van der Waals surface area contributed by atoms with Gasteiger partial charge in [0, 0.05) is 9.79 Å². The highest BCUT2D eigenvalue weighted by Crippen LogP contribution is 2.24. The summed E-state index contributed by atoms with van der Waals surface area (Å²) in [4.78, 5) is 2.03. The molecule has 0 saturated heterocycles. The summed E-state index contributed by atoms with van der Waals surface area (Å²) in [5.74, 6) is 0. The fraction of sp³-hybridized carbons (Fsp3) is 0.333. The van der Waals surface area contributed by atoms with Crippen LogP contribution in [0, 0.1) is 20.8 Å². The van der Waals surface area contributed by atoms with E-state index in [1.54, 1.807) is 0 Å². The first kappa shape index (κ1) is 10.1. The second-order valence-electron chi connectivity index (χ2n) is 3.20. The van der Waals surface area contributed by atoms with Crippen LogP contribution in [0.2, 0.25) is 0 Å². The molecule has 0 amide bonds. The van der Waals surface area contributed by atoms with Crippen LogP contribution in [0.5, 0.6) is 0 Å². The molecule has 0 N–H and O–H groups in total. The monoisotopic (exact) mass is 196 g/mol. The molecule has 12 heavy (non-hydrogen) atoms. The van der Waals surface area contributed by atoms with Crippen LogP contribution in [-0.2, 0) is 0 Å². The Kier molecular flexibility index (Phi) is 2.84. The zero-order valence-corrected chi connectivity index (χ0v) is 9.68. The van der Waals surface area contributed by atoms with Gasteiger partial charge in [-0.05, 0) is 31.9 Å². The molecule has 0 fully saturated rings. The molecule has 3 heteroatoms. The lowest BCUT2D eigenvalue weighted by molar-refractivity contribution is 1.13. The summed E-state index contributed by atoms with van der Waals surface area (Å²) in [5, 5.41) is 0. The van der Waals surface area contributed by atoms with E-state index in [1.807, 2.05) is 0 Å². The molecule has 0 aliphatic carbocycles. The third kappa shape index (κ3) is 1.40. The van der Waals surface area contributed by atoms with Crippen molar-refractivity contribution in [2.24, 2.45) is 0 Å². The van der Waals surface area contributed by atoms with Gasteiger partial charge in [-0.15, -0.1) is 25.3 Å². The SMILES string of the molecule is Bc1c(C)c(C)c(C)c(S)c1S. The predicted octanol–water partition coefficient (Wildman–Crippen LogP) is 1.45. The molecule has 1 aromatic carbocycles. The van der Waals surface area contributed by atoms with Gasteiger partial charge in [0.1, 0.15) is 7.85 Å². The summed E-state index contributed by atoms with van der Waals surface area (Å²) in [5.41, 5.74) is 5.14. The van der Waals surface area contributed by atoms with Crippen LogP contribution < -0.4 is 5.46 Å². The molecule has 0 heterocycles. The van der Waals surface area contributed by atoms with E-state index in [0.717, 1.165) is 9.79 Å². The predicted molar refractivity (Wildman–Crippen MR) is 63.3 cm³/mol. The smallest absolute Gasteiger partial charge is 0.141 e. The fourth-order valence-electron chi connectivity index (χ4n) is 1.27. The minimum atomic E-state index is 1.01. The Hall–Kier alpha value is -0.0151. The van der Waals surface area contributed by atoms with Gasteiger partial charge >= 0.3 is 0 Å². The molecule has 0 saturated carbocycles. The summed E-state index contributed by atoms with van der Waals surface area (Å²) in [6.45, 7) is 6.35. The van der Waals surface area contributed by atoms with Gasteiger partial charge in [-0.1, -0.05) is 11.0 Å². The van der Waals surface area contributed by atoms with Crippen molar-refractivity contribution in [3.05, 3.63) is 16.7 Å². The van der Waals surface area contributed by atoms with Gasteiger partial charge in [0.05, 0.1) is 0 Å². The third-order valence-corrected chi connectivity index (χ3v) is 3.92. The summed E-state index contributed by atoms with van der Waals surface area (Å²) < 4.78 is 0. The summed E-state index contributed by atoms with van der Waals surface area (Å²) in [6, 6.07) is 0. The molecule has 0 spiro atoms. The summed E-state index contributed by atoms with van der Waals surface area (Å²) in [6.07, 6.45) is 0. The molecule has 0 nitrogen and oxygen atoms in total. The lowest BCUT2D eigenvalue weighted by Gasteiger charge is -2.14. The molecule has 64 valence electrons. The molecule has 0 aromatic heterocycles. The van der Waals surface area contributed by atoms with Crippen molar-refractivity contribution in [2.75, 3.05) is 0 Å². The summed E-state index contributed by atoms with van der Waals surface area (Å²) >= 11 is 8.84. The topological polar surface area (TPSA) is 0 Å². The lowest BCUT2D eigenvalue weighted by atomic mass is 9.87. The highest BCUT2D eigenvalue weighted by molar-refractivity contribution is 7.83. The van der Waals surface area contributed by atoms with Crippen LogP contribution in [0.1, 0.15) is 16.7 Å². The maximum absolute atomic E-state index is 4.42. The van der Waals surface area contributed by atoms with E-state index in [-0.39, 0.29) is 0 Å². The van der Waals surface area contributed by atoms with E-state index >= 15 is 0 Å². The number of hydrogen-bond donors (Lipinski definition) is 2. The van der Waals surface area contributed by atoms with Gasteiger partial charge in [0.2, 0.25) is 0 Å². The first-order valence-electron chi connectivity index (χ1n) is 3.95. The summed E-state index contributed by atoms with van der Waals surface area (Å²) in [7, 11) is 2.09. The Morgan fingerprint density at radius 2 is 1.33 bits per heavy atom. The van der Waals surface area contributed by atoms with Gasteiger partial charge in [-0.3, -0.25) is 0 Å². The maximum Gasteiger partial charge on any atom is 0.141 e. The molecule has 0 radical (unpaired) electrons. The molecule has 0 atom stereocenters. The van der Waals surface area contributed by atoms with E-state index in [9.17, 15) is 0 Å². The minimum absolute atomic E-state index is 1.01. The molecule has 0 bridgehead atoms. The van der Waals surface area contributed by atoms with Crippen LogP contribution >= 0.6 is 25.3 Å². The second-order valence-corrected chi connectivity index (χ2v) is 4.09. The number of benzene rings is 1. The number of hydrogen-bond acceptors (Lipinski definition) is 2. The molecular weight excluding hydrogens is 183 g/mol. The highest BCUT2D eigenvalue weighted by atomic mass is 32.1. The normalized spacial score (nSPS) is 10.4. The highest BCUT2D eigenvalue weighted by Gasteiger charge is 2.08. The fourth-order valence-corrected chi connectivity index (χ4v) is 1.94. The van der Waals surface area contributed by atoms with E-state index in [1.165, 1.54) is 22.2 Å². The number of rotatable bonds is 0. The zero-order chi connectivity index (χ0) is 9.46. The van der Waals surface area contributed by atoms with Crippen LogP contribution in [0.4, 0.5) is 0 Å². The van der Waals surface area contributed by atoms with E-state index in [4.69, 9.17) is 0 Å². The maximum atomic E-state index is 4.42.